The molecule has 2 nitrogen and oxygen atoms in total. The lowest BCUT2D eigenvalue weighted by molar-refractivity contribution is 0.145. The van der Waals surface area contributed by atoms with E-state index in [1.165, 1.54) is 19.4 Å². The van der Waals surface area contributed by atoms with Gasteiger partial charge in [-0.05, 0) is 26.3 Å². The highest BCUT2D eigenvalue weighted by molar-refractivity contribution is 4.74. The Hall–Kier alpha value is -0.0800. The van der Waals surface area contributed by atoms with Gasteiger partial charge in [0, 0.05) is 19.7 Å². The minimum Gasteiger partial charge on any atom is -0.383 e. The van der Waals surface area contributed by atoms with Gasteiger partial charge < -0.3 is 4.74 Å². The van der Waals surface area contributed by atoms with E-state index in [4.69, 9.17) is 4.74 Å². The van der Waals surface area contributed by atoms with Gasteiger partial charge in [-0.2, -0.15) is 0 Å². The van der Waals surface area contributed by atoms with Gasteiger partial charge in [0.2, 0.25) is 0 Å². The van der Waals surface area contributed by atoms with E-state index in [2.05, 4.69) is 11.8 Å². The number of nitrogens with zero attached hydrogens (tertiary/aromatic N) is 1. The molecule has 0 saturated carbocycles. The fraction of sp³-hybridized carbons (Fsp3) is 1.00. The Balaban J connectivity index is 2.14. The highest BCUT2D eigenvalue weighted by atomic mass is 16.5. The smallest absolute Gasteiger partial charge is 0.0589 e. The number of ether oxygens (including phenoxy) is 1. The molecule has 1 heterocycles. The van der Waals surface area contributed by atoms with Crippen LogP contribution < -0.4 is 0 Å². The lowest BCUT2D eigenvalue weighted by Crippen LogP contribution is -2.30. The van der Waals surface area contributed by atoms with Crippen LogP contribution in [-0.4, -0.2) is 37.7 Å². The molecule has 1 rings (SSSR count). The summed E-state index contributed by atoms with van der Waals surface area (Å²) in [4.78, 5) is 2.49. The maximum absolute atomic E-state index is 5.01. The summed E-state index contributed by atoms with van der Waals surface area (Å²) in [5.41, 5.74) is 0. The Morgan fingerprint density at radius 2 is 2.40 bits per heavy atom. The normalized spacial score (nSPS) is 27.6. The Morgan fingerprint density at radius 1 is 1.60 bits per heavy atom. The maximum atomic E-state index is 5.01. The number of hydrogen-bond donors (Lipinski definition) is 0. The summed E-state index contributed by atoms with van der Waals surface area (Å²) in [6.07, 6.45) is 2.73. The predicted molar refractivity (Wildman–Crippen MR) is 42.1 cm³/mol. The van der Waals surface area contributed by atoms with Crippen molar-refractivity contribution in [3.63, 3.8) is 0 Å². The van der Waals surface area contributed by atoms with Crippen molar-refractivity contribution in [3.8, 4) is 0 Å². The average molecular weight is 143 g/mol. The van der Waals surface area contributed by atoms with Crippen LogP contribution in [0.5, 0.6) is 0 Å². The molecule has 0 unspecified atom stereocenters. The monoisotopic (exact) mass is 143 g/mol. The first-order valence-electron chi connectivity index (χ1n) is 4.07. The molecule has 0 spiro atoms. The summed E-state index contributed by atoms with van der Waals surface area (Å²) in [5, 5.41) is 0. The van der Waals surface area contributed by atoms with Crippen molar-refractivity contribution >= 4 is 0 Å². The van der Waals surface area contributed by atoms with Crippen molar-refractivity contribution in [2.45, 2.75) is 25.8 Å². The Labute approximate surface area is 63.2 Å². The zero-order chi connectivity index (χ0) is 7.40. The van der Waals surface area contributed by atoms with E-state index in [9.17, 15) is 0 Å². The summed E-state index contributed by atoms with van der Waals surface area (Å²) in [5.74, 6) is 0. The van der Waals surface area contributed by atoms with E-state index in [1.54, 1.807) is 7.11 Å². The molecule has 0 aromatic heterocycles. The Bertz CT molecular complexity index is 95.3. The van der Waals surface area contributed by atoms with Gasteiger partial charge in [-0.1, -0.05) is 0 Å². The number of hydrogen-bond acceptors (Lipinski definition) is 2. The second-order valence-corrected chi connectivity index (χ2v) is 3.02. The van der Waals surface area contributed by atoms with Crippen LogP contribution in [0.25, 0.3) is 0 Å². The zero-order valence-corrected chi connectivity index (χ0v) is 6.97. The number of rotatable bonds is 3. The van der Waals surface area contributed by atoms with E-state index in [-0.39, 0.29) is 0 Å². The summed E-state index contributed by atoms with van der Waals surface area (Å²) in [6, 6.07) is 0.787. The highest BCUT2D eigenvalue weighted by Crippen LogP contribution is 2.14. The summed E-state index contributed by atoms with van der Waals surface area (Å²) < 4.78 is 5.01. The van der Waals surface area contributed by atoms with Crippen molar-refractivity contribution in [1.82, 2.24) is 4.90 Å². The van der Waals surface area contributed by atoms with Crippen LogP contribution in [0.3, 0.4) is 0 Å². The molecule has 0 aliphatic carbocycles. The predicted octanol–water partition coefficient (Wildman–Crippen LogP) is 1.12. The standard InChI is InChI=1S/C8H17NO/c1-8-4-3-5-9(8)6-7-10-2/h8H,3-7H2,1-2H3/t8-/m1/s1. The van der Waals surface area contributed by atoms with Crippen LogP contribution in [-0.2, 0) is 4.74 Å². The largest absolute Gasteiger partial charge is 0.383 e. The molecule has 10 heavy (non-hydrogen) atoms. The number of likely N-dealkylation sites (tertiary alicyclic amines) is 1. The van der Waals surface area contributed by atoms with Crippen LogP contribution in [0.2, 0.25) is 0 Å². The first kappa shape index (κ1) is 8.02. The van der Waals surface area contributed by atoms with Gasteiger partial charge >= 0.3 is 0 Å². The first-order chi connectivity index (χ1) is 4.84. The van der Waals surface area contributed by atoms with Crippen molar-refractivity contribution in [1.29, 1.82) is 0 Å². The van der Waals surface area contributed by atoms with E-state index < -0.39 is 0 Å². The molecule has 1 fully saturated rings. The third kappa shape index (κ3) is 1.96. The molecule has 0 aromatic carbocycles. The molecule has 0 amide bonds. The topological polar surface area (TPSA) is 12.5 Å². The Kier molecular flexibility index (Phi) is 3.16. The van der Waals surface area contributed by atoms with Gasteiger partial charge in [-0.25, -0.2) is 0 Å². The molecular weight excluding hydrogens is 126 g/mol. The molecule has 1 aliphatic rings. The van der Waals surface area contributed by atoms with Gasteiger partial charge in [0.25, 0.3) is 0 Å². The van der Waals surface area contributed by atoms with Gasteiger partial charge in [0.15, 0.2) is 0 Å². The molecule has 0 N–H and O–H groups in total. The molecule has 0 radical (unpaired) electrons. The third-order valence-electron chi connectivity index (χ3n) is 2.27. The highest BCUT2D eigenvalue weighted by Gasteiger charge is 2.18. The summed E-state index contributed by atoms with van der Waals surface area (Å²) in [6.45, 7) is 5.55. The van der Waals surface area contributed by atoms with Crippen LogP contribution in [0.4, 0.5) is 0 Å². The van der Waals surface area contributed by atoms with Gasteiger partial charge in [0.05, 0.1) is 6.61 Å². The van der Waals surface area contributed by atoms with Gasteiger partial charge in [-0.15, -0.1) is 0 Å². The third-order valence-corrected chi connectivity index (χ3v) is 2.27. The molecule has 0 bridgehead atoms. The summed E-state index contributed by atoms with van der Waals surface area (Å²) >= 11 is 0. The molecule has 1 atom stereocenters. The lowest BCUT2D eigenvalue weighted by Gasteiger charge is -2.19. The van der Waals surface area contributed by atoms with Gasteiger partial charge in [0.1, 0.15) is 0 Å². The molecule has 2 heteroatoms. The van der Waals surface area contributed by atoms with Crippen molar-refractivity contribution in [2.24, 2.45) is 0 Å². The Morgan fingerprint density at radius 3 is 2.90 bits per heavy atom. The van der Waals surface area contributed by atoms with E-state index in [1.807, 2.05) is 0 Å². The van der Waals surface area contributed by atoms with Crippen molar-refractivity contribution in [3.05, 3.63) is 0 Å². The molecule has 1 aliphatic heterocycles. The van der Waals surface area contributed by atoms with Crippen LogP contribution in [0, 0.1) is 0 Å². The molecule has 60 valence electrons. The van der Waals surface area contributed by atoms with E-state index in [0.717, 1.165) is 19.2 Å². The minimum absolute atomic E-state index is 0.787. The average Bonchev–Trinajstić information content (AvgIpc) is 2.31. The number of methoxy groups -OCH3 is 1. The molecular formula is C8H17NO. The first-order valence-corrected chi connectivity index (χ1v) is 4.07. The maximum Gasteiger partial charge on any atom is 0.0589 e. The van der Waals surface area contributed by atoms with Crippen molar-refractivity contribution in [2.75, 3.05) is 26.8 Å². The molecule has 0 aromatic rings. The zero-order valence-electron chi connectivity index (χ0n) is 6.97. The minimum atomic E-state index is 0.787. The molecule has 1 saturated heterocycles. The van der Waals surface area contributed by atoms with E-state index in [0.29, 0.717) is 0 Å². The van der Waals surface area contributed by atoms with Crippen LogP contribution >= 0.6 is 0 Å². The van der Waals surface area contributed by atoms with E-state index >= 15 is 0 Å². The second kappa shape index (κ2) is 3.94. The SMILES string of the molecule is COCCN1CCC[C@H]1C. The van der Waals surface area contributed by atoms with Crippen LogP contribution in [0.1, 0.15) is 19.8 Å². The fourth-order valence-electron chi connectivity index (χ4n) is 1.53. The fourth-order valence-corrected chi connectivity index (χ4v) is 1.53. The van der Waals surface area contributed by atoms with Crippen molar-refractivity contribution < 1.29 is 4.74 Å². The van der Waals surface area contributed by atoms with Gasteiger partial charge in [-0.3, -0.25) is 4.90 Å². The second-order valence-electron chi connectivity index (χ2n) is 3.02. The summed E-state index contributed by atoms with van der Waals surface area (Å²) in [7, 11) is 1.76. The van der Waals surface area contributed by atoms with Crippen LogP contribution in [0.15, 0.2) is 0 Å². The lowest BCUT2D eigenvalue weighted by atomic mass is 10.2. The quantitative estimate of drug-likeness (QED) is 0.587.